The molecule has 0 amide bonds. The third-order valence-electron chi connectivity index (χ3n) is 3.09. The number of hydrazone groups is 1. The number of nitrogens with one attached hydrogen (secondary N) is 1. The molecule has 3 rings (SSSR count). The average Bonchev–Trinajstić information content (AvgIpc) is 2.96. The van der Waals surface area contributed by atoms with Crippen molar-refractivity contribution >= 4 is 44.3 Å². The van der Waals surface area contributed by atoms with Gasteiger partial charge in [0.15, 0.2) is 0 Å². The van der Waals surface area contributed by atoms with Crippen molar-refractivity contribution < 1.29 is 4.92 Å². The number of anilines is 1. The largest absolute Gasteiger partial charge is 0.270 e. The van der Waals surface area contributed by atoms with Gasteiger partial charge in [-0.1, -0.05) is 53.8 Å². The van der Waals surface area contributed by atoms with E-state index >= 15 is 0 Å². The SMILES string of the molecule is O=[N+]([O-])c1cccc(C=NNc2nc(-c3ccccc3)c(Br)s2)c1. The highest BCUT2D eigenvalue weighted by atomic mass is 79.9. The first-order chi connectivity index (χ1) is 11.6. The predicted molar refractivity (Wildman–Crippen MR) is 99.6 cm³/mol. The molecule has 0 aliphatic carbocycles. The Morgan fingerprint density at radius 1 is 1.21 bits per heavy atom. The Kier molecular flexibility index (Phi) is 4.97. The highest BCUT2D eigenvalue weighted by molar-refractivity contribution is 9.11. The van der Waals surface area contributed by atoms with Gasteiger partial charge in [-0.25, -0.2) is 4.98 Å². The van der Waals surface area contributed by atoms with Gasteiger partial charge in [-0.05, 0) is 15.9 Å². The minimum Gasteiger partial charge on any atom is -0.258 e. The third kappa shape index (κ3) is 3.84. The van der Waals surface area contributed by atoms with Gasteiger partial charge in [-0.3, -0.25) is 15.5 Å². The van der Waals surface area contributed by atoms with Gasteiger partial charge in [-0.15, -0.1) is 0 Å². The van der Waals surface area contributed by atoms with Crippen LogP contribution in [-0.4, -0.2) is 16.1 Å². The molecular formula is C16H11BrN4O2S. The number of thiazole rings is 1. The van der Waals surface area contributed by atoms with Crippen LogP contribution in [0.5, 0.6) is 0 Å². The maximum absolute atomic E-state index is 10.8. The fourth-order valence-corrected chi connectivity index (χ4v) is 3.45. The van der Waals surface area contributed by atoms with Crippen LogP contribution in [0.3, 0.4) is 0 Å². The van der Waals surface area contributed by atoms with E-state index in [1.165, 1.54) is 29.7 Å². The summed E-state index contributed by atoms with van der Waals surface area (Å²) in [5.74, 6) is 0. The fraction of sp³-hybridized carbons (Fsp3) is 0. The molecule has 0 unspecified atom stereocenters. The molecule has 0 spiro atoms. The number of hydrogen-bond acceptors (Lipinski definition) is 6. The number of nitro benzene ring substituents is 1. The summed E-state index contributed by atoms with van der Waals surface area (Å²) in [6.07, 6.45) is 1.52. The minimum absolute atomic E-state index is 0.0299. The maximum atomic E-state index is 10.8. The molecule has 0 radical (unpaired) electrons. The number of nitro groups is 1. The lowest BCUT2D eigenvalue weighted by Gasteiger charge is -1.96. The minimum atomic E-state index is -0.436. The van der Waals surface area contributed by atoms with E-state index in [2.05, 4.69) is 31.4 Å². The van der Waals surface area contributed by atoms with E-state index in [9.17, 15) is 10.1 Å². The quantitative estimate of drug-likeness (QED) is 0.372. The molecule has 2 aromatic carbocycles. The lowest BCUT2D eigenvalue weighted by molar-refractivity contribution is -0.384. The molecule has 0 aliphatic rings. The van der Waals surface area contributed by atoms with E-state index in [1.807, 2.05) is 30.3 Å². The molecule has 24 heavy (non-hydrogen) atoms. The number of benzene rings is 2. The zero-order chi connectivity index (χ0) is 16.9. The van der Waals surface area contributed by atoms with Gasteiger partial charge < -0.3 is 0 Å². The molecule has 1 N–H and O–H groups in total. The van der Waals surface area contributed by atoms with E-state index in [1.54, 1.807) is 12.1 Å². The third-order valence-corrected chi connectivity index (χ3v) is 4.70. The highest BCUT2D eigenvalue weighted by Crippen LogP contribution is 2.35. The Bertz CT molecular complexity index is 896. The first-order valence-electron chi connectivity index (χ1n) is 6.89. The molecule has 0 aliphatic heterocycles. The monoisotopic (exact) mass is 402 g/mol. The molecule has 6 nitrogen and oxygen atoms in total. The van der Waals surface area contributed by atoms with Crippen LogP contribution in [0, 0.1) is 10.1 Å². The molecule has 0 atom stereocenters. The number of halogens is 1. The van der Waals surface area contributed by atoms with E-state index < -0.39 is 4.92 Å². The molecule has 3 aromatic rings. The van der Waals surface area contributed by atoms with E-state index in [-0.39, 0.29) is 5.69 Å². The molecule has 8 heteroatoms. The van der Waals surface area contributed by atoms with Crippen molar-refractivity contribution in [3.8, 4) is 11.3 Å². The van der Waals surface area contributed by atoms with Gasteiger partial charge in [0, 0.05) is 23.3 Å². The zero-order valence-corrected chi connectivity index (χ0v) is 14.6. The second kappa shape index (κ2) is 7.33. The van der Waals surface area contributed by atoms with Gasteiger partial charge in [0.25, 0.3) is 5.69 Å². The number of hydrogen-bond donors (Lipinski definition) is 1. The number of rotatable bonds is 5. The standard InChI is InChI=1S/C16H11BrN4O2S/c17-15-14(12-6-2-1-3-7-12)19-16(24-15)20-18-10-11-5-4-8-13(9-11)21(22)23/h1-10H,(H,19,20). The molecule has 0 fully saturated rings. The predicted octanol–water partition coefficient (Wildman–Crippen LogP) is 4.93. The lowest BCUT2D eigenvalue weighted by atomic mass is 10.2. The second-order valence-electron chi connectivity index (χ2n) is 4.73. The summed E-state index contributed by atoms with van der Waals surface area (Å²) in [6.45, 7) is 0. The molecule has 1 aromatic heterocycles. The van der Waals surface area contributed by atoms with Crippen molar-refractivity contribution in [3.05, 3.63) is 74.1 Å². The van der Waals surface area contributed by atoms with Gasteiger partial charge in [0.1, 0.15) is 0 Å². The first kappa shape index (κ1) is 16.3. The normalized spacial score (nSPS) is 10.9. The van der Waals surface area contributed by atoms with Crippen LogP contribution >= 0.6 is 27.3 Å². The summed E-state index contributed by atoms with van der Waals surface area (Å²) in [4.78, 5) is 14.8. The van der Waals surface area contributed by atoms with Gasteiger partial charge >= 0.3 is 0 Å². The van der Waals surface area contributed by atoms with Gasteiger partial charge in [-0.2, -0.15) is 5.10 Å². The highest BCUT2D eigenvalue weighted by Gasteiger charge is 2.10. The Balaban J connectivity index is 1.73. The Labute approximate surface area is 150 Å². The Hall–Kier alpha value is -2.58. The fourth-order valence-electron chi connectivity index (χ4n) is 2.00. The van der Waals surface area contributed by atoms with Crippen LogP contribution in [-0.2, 0) is 0 Å². The van der Waals surface area contributed by atoms with E-state index in [4.69, 9.17) is 0 Å². The van der Waals surface area contributed by atoms with E-state index in [0.29, 0.717) is 10.7 Å². The first-order valence-corrected chi connectivity index (χ1v) is 8.50. The smallest absolute Gasteiger partial charge is 0.258 e. The van der Waals surface area contributed by atoms with Crippen molar-refractivity contribution in [2.75, 3.05) is 5.43 Å². The molecule has 0 bridgehead atoms. The van der Waals surface area contributed by atoms with Crippen molar-refractivity contribution in [3.63, 3.8) is 0 Å². The Morgan fingerprint density at radius 3 is 2.75 bits per heavy atom. The zero-order valence-electron chi connectivity index (χ0n) is 12.2. The van der Waals surface area contributed by atoms with Crippen LogP contribution in [0.4, 0.5) is 10.8 Å². The summed E-state index contributed by atoms with van der Waals surface area (Å²) < 4.78 is 0.904. The molecular weight excluding hydrogens is 392 g/mol. The van der Waals surface area contributed by atoms with Crippen LogP contribution in [0.1, 0.15) is 5.56 Å². The molecule has 0 saturated carbocycles. The van der Waals surface area contributed by atoms with Crippen molar-refractivity contribution in [1.82, 2.24) is 4.98 Å². The van der Waals surface area contributed by atoms with Gasteiger partial charge in [0.05, 0.1) is 20.6 Å². The molecule has 1 heterocycles. The van der Waals surface area contributed by atoms with Crippen molar-refractivity contribution in [2.24, 2.45) is 5.10 Å². The van der Waals surface area contributed by atoms with Crippen LogP contribution in [0.2, 0.25) is 0 Å². The summed E-state index contributed by atoms with van der Waals surface area (Å²) >= 11 is 4.93. The van der Waals surface area contributed by atoms with Gasteiger partial charge in [0.2, 0.25) is 5.13 Å². The maximum Gasteiger partial charge on any atom is 0.270 e. The summed E-state index contributed by atoms with van der Waals surface area (Å²) in [6, 6.07) is 16.1. The second-order valence-corrected chi connectivity index (χ2v) is 7.05. The number of non-ortho nitro benzene ring substituents is 1. The summed E-state index contributed by atoms with van der Waals surface area (Å²) in [7, 11) is 0. The molecule has 120 valence electrons. The topological polar surface area (TPSA) is 80.4 Å². The van der Waals surface area contributed by atoms with Crippen molar-refractivity contribution in [1.29, 1.82) is 0 Å². The lowest BCUT2D eigenvalue weighted by Crippen LogP contribution is -1.92. The number of nitrogens with zero attached hydrogens (tertiary/aromatic N) is 3. The summed E-state index contributed by atoms with van der Waals surface area (Å²) in [5.41, 5.74) is 5.37. The van der Waals surface area contributed by atoms with Crippen LogP contribution in [0.25, 0.3) is 11.3 Å². The molecule has 0 saturated heterocycles. The van der Waals surface area contributed by atoms with E-state index in [0.717, 1.165) is 15.0 Å². The Morgan fingerprint density at radius 2 is 2.00 bits per heavy atom. The van der Waals surface area contributed by atoms with Crippen LogP contribution < -0.4 is 5.43 Å². The average molecular weight is 403 g/mol. The van der Waals surface area contributed by atoms with Crippen LogP contribution in [0.15, 0.2) is 63.5 Å². The number of aromatic nitrogens is 1. The summed E-state index contributed by atoms with van der Waals surface area (Å²) in [5, 5.41) is 15.5. The van der Waals surface area contributed by atoms with Crippen molar-refractivity contribution in [2.45, 2.75) is 0 Å².